The third-order valence-electron chi connectivity index (χ3n) is 5.33. The Morgan fingerprint density at radius 1 is 1.10 bits per heavy atom. The number of carbonyl (C=O) groups excluding carboxylic acids is 1. The molecule has 0 spiro atoms. The number of nitrogens with one attached hydrogen (secondary N) is 1. The largest absolute Gasteiger partial charge is 0.494 e. The fraction of sp³-hybridized carbons (Fsp3) is 0.571. The fourth-order valence-corrected chi connectivity index (χ4v) is 4.23. The molecule has 2 heterocycles. The Balaban J connectivity index is 1.93. The van der Waals surface area contributed by atoms with Gasteiger partial charge in [-0.2, -0.15) is 13.2 Å². The van der Waals surface area contributed by atoms with Crippen LogP contribution in [-0.2, 0) is 26.8 Å². The maximum Gasteiger partial charge on any atom is 0.494 e. The molecule has 170 valence electrons. The molecule has 2 aromatic rings. The van der Waals surface area contributed by atoms with Crippen LogP contribution in [0.2, 0.25) is 0 Å². The molecule has 1 aromatic carbocycles. The topological polar surface area (TPSA) is 56.8 Å². The lowest BCUT2D eigenvalue weighted by atomic mass is 9.77. The van der Waals surface area contributed by atoms with Gasteiger partial charge in [-0.1, -0.05) is 6.07 Å². The van der Waals surface area contributed by atoms with E-state index in [1.54, 1.807) is 32.9 Å². The van der Waals surface area contributed by atoms with Crippen LogP contribution in [0, 0.1) is 0 Å². The number of alkyl halides is 3. The summed E-state index contributed by atoms with van der Waals surface area (Å²) >= 11 is 0.990. The molecule has 0 radical (unpaired) electrons. The van der Waals surface area contributed by atoms with Crippen molar-refractivity contribution >= 4 is 40.1 Å². The molecule has 1 aliphatic heterocycles. The number of alkyl carbamates (subject to hydrolysis) is 1. The van der Waals surface area contributed by atoms with Crippen molar-refractivity contribution in [3.63, 3.8) is 0 Å². The van der Waals surface area contributed by atoms with Gasteiger partial charge in [-0.25, -0.2) is 4.79 Å². The van der Waals surface area contributed by atoms with Crippen LogP contribution >= 0.6 is 11.3 Å². The number of benzene rings is 1. The minimum atomic E-state index is -4.54. The summed E-state index contributed by atoms with van der Waals surface area (Å²) in [6.07, 6.45) is -5.17. The van der Waals surface area contributed by atoms with Crippen LogP contribution < -0.4 is 10.8 Å². The van der Waals surface area contributed by atoms with E-state index < -0.39 is 41.8 Å². The van der Waals surface area contributed by atoms with Crippen LogP contribution in [0.5, 0.6) is 0 Å². The summed E-state index contributed by atoms with van der Waals surface area (Å²) in [4.78, 5) is 12.5. The van der Waals surface area contributed by atoms with E-state index >= 15 is 0 Å². The number of rotatable bonds is 3. The van der Waals surface area contributed by atoms with Gasteiger partial charge in [0, 0.05) is 9.58 Å². The van der Waals surface area contributed by atoms with E-state index in [1.807, 2.05) is 27.7 Å². The minimum absolute atomic E-state index is 0.0668. The maximum absolute atomic E-state index is 13.8. The highest BCUT2D eigenvalue weighted by Crippen LogP contribution is 2.40. The van der Waals surface area contributed by atoms with Gasteiger partial charge in [-0.3, -0.25) is 0 Å². The van der Waals surface area contributed by atoms with Crippen LogP contribution in [0.1, 0.15) is 58.9 Å². The first-order chi connectivity index (χ1) is 14.0. The number of halogens is 3. The fourth-order valence-electron chi connectivity index (χ4n) is 3.12. The molecule has 1 saturated heterocycles. The van der Waals surface area contributed by atoms with Crippen LogP contribution in [0.4, 0.5) is 18.0 Å². The molecule has 1 aliphatic rings. The molecule has 1 fully saturated rings. The molecule has 3 rings (SSSR count). The molecule has 1 amide bonds. The van der Waals surface area contributed by atoms with Gasteiger partial charge in [0.15, 0.2) is 0 Å². The van der Waals surface area contributed by atoms with Crippen molar-refractivity contribution in [2.75, 3.05) is 0 Å². The maximum atomic E-state index is 13.8. The van der Waals surface area contributed by atoms with Gasteiger partial charge in [0.2, 0.25) is 0 Å². The smallest absolute Gasteiger partial charge is 0.444 e. The van der Waals surface area contributed by atoms with Gasteiger partial charge in [0.1, 0.15) is 5.60 Å². The summed E-state index contributed by atoms with van der Waals surface area (Å²) in [5.74, 6) is 0. The van der Waals surface area contributed by atoms with Crippen molar-refractivity contribution in [2.24, 2.45) is 0 Å². The Morgan fingerprint density at radius 2 is 1.68 bits per heavy atom. The lowest BCUT2D eigenvalue weighted by molar-refractivity contribution is -0.136. The number of hydrogen-bond acceptors (Lipinski definition) is 5. The standard InChI is InChI=1S/C21H27BF3NO4S/c1-18(2,3)28-17(27)26-11-14-9-12-8-13(10-15(16(12)31-14)21(23,24)25)22-29-19(4,5)20(6,7)30-22/h8-10H,11H2,1-7H3,(H,26,27). The molecule has 0 aliphatic carbocycles. The second kappa shape index (κ2) is 7.67. The van der Waals surface area contributed by atoms with Gasteiger partial charge in [0.25, 0.3) is 0 Å². The Kier molecular flexibility index (Phi) is 5.91. The van der Waals surface area contributed by atoms with E-state index in [4.69, 9.17) is 14.0 Å². The monoisotopic (exact) mass is 457 g/mol. The average Bonchev–Trinajstić information content (AvgIpc) is 3.07. The van der Waals surface area contributed by atoms with Crippen LogP contribution in [0.25, 0.3) is 10.1 Å². The first-order valence-corrected chi connectivity index (χ1v) is 10.8. The molecule has 1 N–H and O–H groups in total. The Labute approximate surface area is 184 Å². The molecule has 1 aromatic heterocycles. The number of carbonyl (C=O) groups is 1. The second-order valence-electron chi connectivity index (χ2n) is 9.64. The number of fused-ring (bicyclic) bond motifs is 1. The van der Waals surface area contributed by atoms with Crippen molar-refractivity contribution in [3.05, 3.63) is 28.6 Å². The van der Waals surface area contributed by atoms with Crippen molar-refractivity contribution < 1.29 is 32.0 Å². The molecular formula is C21H27BF3NO4S. The summed E-state index contributed by atoms with van der Waals surface area (Å²) in [5, 5.41) is 3.01. The Bertz CT molecular complexity index is 979. The quantitative estimate of drug-likeness (QED) is 0.641. The Hall–Kier alpha value is -1.78. The molecule has 0 unspecified atom stereocenters. The summed E-state index contributed by atoms with van der Waals surface area (Å²) in [7, 11) is -0.904. The zero-order chi connectivity index (χ0) is 23.4. The zero-order valence-electron chi connectivity index (χ0n) is 18.7. The number of ether oxygens (including phenoxy) is 1. The summed E-state index contributed by atoms with van der Waals surface area (Å²) in [6.45, 7) is 12.7. The second-order valence-corrected chi connectivity index (χ2v) is 10.8. The summed E-state index contributed by atoms with van der Waals surface area (Å²) in [5.41, 5.74) is -2.43. The van der Waals surface area contributed by atoms with Crippen molar-refractivity contribution in [2.45, 2.75) is 78.0 Å². The normalized spacial score (nSPS) is 18.5. The first-order valence-electron chi connectivity index (χ1n) is 9.95. The summed E-state index contributed by atoms with van der Waals surface area (Å²) in [6, 6.07) is 4.38. The van der Waals surface area contributed by atoms with Gasteiger partial charge in [-0.05, 0) is 71.4 Å². The van der Waals surface area contributed by atoms with Crippen molar-refractivity contribution in [1.29, 1.82) is 0 Å². The van der Waals surface area contributed by atoms with E-state index in [-0.39, 0.29) is 11.2 Å². The molecular weight excluding hydrogens is 430 g/mol. The highest BCUT2D eigenvalue weighted by molar-refractivity contribution is 7.19. The number of hydrogen-bond donors (Lipinski definition) is 1. The Morgan fingerprint density at radius 3 is 2.19 bits per heavy atom. The van der Waals surface area contributed by atoms with Crippen LogP contribution in [-0.4, -0.2) is 30.0 Å². The van der Waals surface area contributed by atoms with E-state index in [2.05, 4.69) is 5.32 Å². The molecule has 10 heteroatoms. The zero-order valence-corrected chi connectivity index (χ0v) is 19.5. The SMILES string of the molecule is CC(C)(C)OC(=O)NCc1cc2cc(B3OC(C)(C)C(C)(C)O3)cc(C(F)(F)F)c2s1. The van der Waals surface area contributed by atoms with E-state index in [9.17, 15) is 18.0 Å². The van der Waals surface area contributed by atoms with E-state index in [0.717, 1.165) is 17.4 Å². The lowest BCUT2D eigenvalue weighted by Crippen LogP contribution is -2.41. The van der Waals surface area contributed by atoms with Crippen LogP contribution in [0.3, 0.4) is 0 Å². The molecule has 0 saturated carbocycles. The van der Waals surface area contributed by atoms with Crippen LogP contribution in [0.15, 0.2) is 18.2 Å². The summed E-state index contributed by atoms with van der Waals surface area (Å²) < 4.78 is 58.7. The third-order valence-corrected chi connectivity index (χ3v) is 6.51. The molecule has 0 bridgehead atoms. The van der Waals surface area contributed by atoms with Crippen molar-refractivity contribution in [1.82, 2.24) is 5.32 Å². The van der Waals surface area contributed by atoms with Gasteiger partial charge >= 0.3 is 19.4 Å². The highest BCUT2D eigenvalue weighted by Gasteiger charge is 2.52. The van der Waals surface area contributed by atoms with Gasteiger partial charge in [0.05, 0.1) is 23.3 Å². The number of amides is 1. The first kappa shape index (κ1) is 23.9. The predicted molar refractivity (Wildman–Crippen MR) is 116 cm³/mol. The third kappa shape index (κ3) is 5.18. The van der Waals surface area contributed by atoms with Crippen molar-refractivity contribution in [3.8, 4) is 0 Å². The molecule has 0 atom stereocenters. The highest BCUT2D eigenvalue weighted by atomic mass is 32.1. The number of thiophene rings is 1. The molecule has 5 nitrogen and oxygen atoms in total. The lowest BCUT2D eigenvalue weighted by Gasteiger charge is -2.32. The van der Waals surface area contributed by atoms with E-state index in [0.29, 0.717) is 15.7 Å². The van der Waals surface area contributed by atoms with Gasteiger partial charge < -0.3 is 19.4 Å². The minimum Gasteiger partial charge on any atom is -0.444 e. The average molecular weight is 457 g/mol. The molecule has 31 heavy (non-hydrogen) atoms. The predicted octanol–water partition coefficient (Wildman–Crippen LogP) is 5.24. The van der Waals surface area contributed by atoms with Gasteiger partial charge in [-0.15, -0.1) is 11.3 Å². The van der Waals surface area contributed by atoms with E-state index in [1.165, 1.54) is 0 Å².